The van der Waals surface area contributed by atoms with Crippen LogP contribution in [0.25, 0.3) is 0 Å². The minimum atomic E-state index is 0.496. The van der Waals surface area contributed by atoms with Crippen LogP contribution in [0.15, 0.2) is 24.3 Å². The lowest BCUT2D eigenvalue weighted by atomic mass is 9.99. The second-order valence-electron chi connectivity index (χ2n) is 20.1. The Hall–Kier alpha value is -0.560. The Labute approximate surface area is 388 Å². The molecule has 2 atom stereocenters. The molecule has 0 N–H and O–H groups in total. The van der Waals surface area contributed by atoms with Gasteiger partial charge in [0.05, 0.1) is 12.2 Å². The highest BCUT2D eigenvalue weighted by molar-refractivity contribution is 4.82. The fourth-order valence-electron chi connectivity index (χ4n) is 9.44. The van der Waals surface area contributed by atoms with Crippen molar-refractivity contribution in [1.29, 1.82) is 0 Å². The van der Waals surface area contributed by atoms with Crippen molar-refractivity contribution in [2.24, 2.45) is 0 Å². The van der Waals surface area contributed by atoms with Gasteiger partial charge in [0, 0.05) is 0 Å². The van der Waals surface area contributed by atoms with E-state index in [1.165, 1.54) is 321 Å². The summed E-state index contributed by atoms with van der Waals surface area (Å²) in [5, 5.41) is 0. The molecule has 0 spiro atoms. The molecule has 0 aliphatic heterocycles. The number of hydrogen-bond acceptors (Lipinski definition) is 1. The lowest BCUT2D eigenvalue weighted by Crippen LogP contribution is -2.23. The van der Waals surface area contributed by atoms with Crippen LogP contribution in [0.1, 0.15) is 349 Å². The van der Waals surface area contributed by atoms with Gasteiger partial charge in [-0.3, -0.25) is 0 Å². The number of rotatable bonds is 54. The van der Waals surface area contributed by atoms with Crippen LogP contribution in [0.4, 0.5) is 0 Å². The van der Waals surface area contributed by atoms with E-state index >= 15 is 0 Å². The van der Waals surface area contributed by atoms with Gasteiger partial charge in [0.2, 0.25) is 0 Å². The molecule has 0 bridgehead atoms. The summed E-state index contributed by atoms with van der Waals surface area (Å²) in [6, 6.07) is 0. The van der Waals surface area contributed by atoms with Crippen LogP contribution >= 0.6 is 0 Å². The highest BCUT2D eigenvalue weighted by Crippen LogP contribution is 2.24. The summed E-state index contributed by atoms with van der Waals surface area (Å²) in [7, 11) is 0. The van der Waals surface area contributed by atoms with Crippen molar-refractivity contribution in [3.63, 3.8) is 0 Å². The molecule has 0 aromatic rings. The first-order valence-corrected chi connectivity index (χ1v) is 29.2. The summed E-state index contributed by atoms with van der Waals surface area (Å²) in [5.41, 5.74) is 0. The molecule has 2 unspecified atom stereocenters. The fourth-order valence-corrected chi connectivity index (χ4v) is 9.44. The van der Waals surface area contributed by atoms with Crippen molar-refractivity contribution in [3.8, 4) is 0 Å². The molecule has 0 amide bonds. The van der Waals surface area contributed by atoms with Crippen molar-refractivity contribution in [1.82, 2.24) is 0 Å². The van der Waals surface area contributed by atoms with Gasteiger partial charge in [0.1, 0.15) is 0 Å². The molecule has 1 nitrogen and oxygen atoms in total. The molecule has 0 saturated heterocycles. The van der Waals surface area contributed by atoms with E-state index in [1.807, 2.05) is 0 Å². The van der Waals surface area contributed by atoms with Crippen LogP contribution in [-0.4, -0.2) is 12.2 Å². The predicted molar refractivity (Wildman–Crippen MR) is 280 cm³/mol. The van der Waals surface area contributed by atoms with Gasteiger partial charge in [-0.25, -0.2) is 0 Å². The van der Waals surface area contributed by atoms with E-state index in [-0.39, 0.29) is 0 Å². The van der Waals surface area contributed by atoms with E-state index < -0.39 is 0 Å². The van der Waals surface area contributed by atoms with Crippen LogP contribution in [0.5, 0.6) is 0 Å². The first-order valence-electron chi connectivity index (χ1n) is 29.2. The van der Waals surface area contributed by atoms with Crippen LogP contribution in [-0.2, 0) is 4.74 Å². The molecule has 0 aliphatic carbocycles. The largest absolute Gasteiger partial charge is 0.375 e. The first-order chi connectivity index (χ1) is 30.3. The van der Waals surface area contributed by atoms with Crippen molar-refractivity contribution < 1.29 is 4.74 Å². The average molecular weight is 856 g/mol. The highest BCUT2D eigenvalue weighted by Gasteiger charge is 2.17. The maximum atomic E-state index is 7.24. The molecule has 1 heteroatoms. The third-order valence-electron chi connectivity index (χ3n) is 13.7. The second-order valence-corrected chi connectivity index (χ2v) is 20.1. The van der Waals surface area contributed by atoms with Crippen LogP contribution in [0, 0.1) is 0 Å². The quantitative estimate of drug-likeness (QED) is 0.0437. The monoisotopic (exact) mass is 855 g/mol. The fraction of sp³-hybridized carbons (Fsp3) is 0.933. The van der Waals surface area contributed by atoms with Gasteiger partial charge in [0.25, 0.3) is 0 Å². The van der Waals surface area contributed by atoms with Crippen LogP contribution in [0.3, 0.4) is 0 Å². The zero-order valence-corrected chi connectivity index (χ0v) is 43.2. The molecule has 0 aliphatic rings. The lowest BCUT2D eigenvalue weighted by molar-refractivity contribution is -0.0324. The molecule has 61 heavy (non-hydrogen) atoms. The Bertz CT molecular complexity index is 746. The van der Waals surface area contributed by atoms with Gasteiger partial charge in [-0.2, -0.15) is 0 Å². The molecule has 0 radical (unpaired) electrons. The second kappa shape index (κ2) is 55.6. The summed E-state index contributed by atoms with van der Waals surface area (Å²) >= 11 is 0. The van der Waals surface area contributed by atoms with Crippen molar-refractivity contribution in [3.05, 3.63) is 24.3 Å². The van der Waals surface area contributed by atoms with E-state index in [0.717, 1.165) is 0 Å². The third-order valence-corrected chi connectivity index (χ3v) is 13.7. The Morgan fingerprint density at radius 1 is 0.213 bits per heavy atom. The minimum absolute atomic E-state index is 0.496. The molecule has 0 fully saturated rings. The lowest BCUT2D eigenvalue weighted by Gasteiger charge is -2.26. The Kier molecular flexibility index (Phi) is 55.1. The summed E-state index contributed by atoms with van der Waals surface area (Å²) < 4.78 is 7.24. The SMILES string of the molecule is CCCCCCCCC=CCCCCCCCC(CCCCCCCCCCCC)OC(CCCCCCCC=CCCCCCCCC)CCCCCCCCCCCC. The van der Waals surface area contributed by atoms with Crippen molar-refractivity contribution in [2.45, 2.75) is 361 Å². The van der Waals surface area contributed by atoms with Crippen molar-refractivity contribution in [2.75, 3.05) is 0 Å². The molecule has 0 aromatic heterocycles. The van der Waals surface area contributed by atoms with Gasteiger partial charge in [0.15, 0.2) is 0 Å². The summed E-state index contributed by atoms with van der Waals surface area (Å²) in [5.74, 6) is 0. The maximum Gasteiger partial charge on any atom is 0.0578 e. The third kappa shape index (κ3) is 52.0. The molecule has 0 rings (SSSR count). The zero-order chi connectivity index (χ0) is 44.0. The molecule has 0 aromatic carbocycles. The average Bonchev–Trinajstić information content (AvgIpc) is 3.27. The van der Waals surface area contributed by atoms with E-state index in [0.29, 0.717) is 12.2 Å². The standard InChI is InChI=1S/C60H118O/c1-5-9-13-17-21-25-29-31-33-35-37-41-45-49-53-57-59(55-51-47-43-39-27-23-19-15-11-7-3)61-60(56-52-48-44-40-28-24-20-16-12-8-4)58-54-50-46-42-38-36-34-32-30-26-22-18-14-10-6-2/h31-34,59-60H,5-30,35-58H2,1-4H3. The van der Waals surface area contributed by atoms with Crippen LogP contribution in [0.2, 0.25) is 0 Å². The van der Waals surface area contributed by atoms with Gasteiger partial charge >= 0.3 is 0 Å². The highest BCUT2D eigenvalue weighted by atomic mass is 16.5. The number of allylic oxidation sites excluding steroid dienone is 4. The van der Waals surface area contributed by atoms with E-state index in [9.17, 15) is 0 Å². The van der Waals surface area contributed by atoms with E-state index in [1.54, 1.807) is 0 Å². The van der Waals surface area contributed by atoms with Gasteiger partial charge in [-0.1, -0.05) is 296 Å². The first kappa shape index (κ1) is 60.4. The Balaban J connectivity index is 4.82. The summed E-state index contributed by atoms with van der Waals surface area (Å²) in [6.45, 7) is 9.28. The van der Waals surface area contributed by atoms with E-state index in [2.05, 4.69) is 52.0 Å². The molecule has 0 heterocycles. The van der Waals surface area contributed by atoms with Crippen molar-refractivity contribution >= 4 is 0 Å². The normalized spacial score (nSPS) is 13.0. The maximum absolute atomic E-state index is 7.24. The zero-order valence-electron chi connectivity index (χ0n) is 43.2. The molecule has 364 valence electrons. The number of ether oxygens (including phenoxy) is 1. The molecular formula is C60H118O. The Morgan fingerprint density at radius 2 is 0.377 bits per heavy atom. The summed E-state index contributed by atoms with van der Waals surface area (Å²) in [4.78, 5) is 0. The predicted octanol–water partition coefficient (Wildman–Crippen LogP) is 22.4. The number of hydrogen-bond donors (Lipinski definition) is 0. The van der Waals surface area contributed by atoms with Crippen LogP contribution < -0.4 is 0 Å². The van der Waals surface area contributed by atoms with E-state index in [4.69, 9.17) is 4.74 Å². The molecular weight excluding hydrogens is 737 g/mol. The minimum Gasteiger partial charge on any atom is -0.375 e. The topological polar surface area (TPSA) is 9.23 Å². The van der Waals surface area contributed by atoms with Gasteiger partial charge in [-0.05, 0) is 77.0 Å². The van der Waals surface area contributed by atoms with Gasteiger partial charge in [-0.15, -0.1) is 0 Å². The van der Waals surface area contributed by atoms with Gasteiger partial charge < -0.3 is 4.74 Å². The smallest absolute Gasteiger partial charge is 0.0578 e. The Morgan fingerprint density at radius 3 is 0.574 bits per heavy atom. The molecule has 0 saturated carbocycles. The number of unbranched alkanes of at least 4 members (excludes halogenated alkanes) is 40. The summed E-state index contributed by atoms with van der Waals surface area (Å²) in [6.07, 6.45) is 80.7.